The van der Waals surface area contributed by atoms with Crippen molar-refractivity contribution in [2.45, 2.75) is 19.4 Å². The number of aliphatic hydroxyl groups is 1. The number of methoxy groups -OCH3 is 1. The van der Waals surface area contributed by atoms with Crippen LogP contribution in [0.5, 0.6) is 5.75 Å². The third-order valence-corrected chi connectivity index (χ3v) is 3.42. The van der Waals surface area contributed by atoms with Gasteiger partial charge in [-0.2, -0.15) is 0 Å². The highest BCUT2D eigenvalue weighted by atomic mass is 16.5. The minimum absolute atomic E-state index is 0.260. The van der Waals surface area contributed by atoms with E-state index in [1.165, 1.54) is 21.0 Å². The number of Topliss-reactive ketones (excluding diaryl/α,β-unsaturated/α-hetero) is 1. The smallest absolute Gasteiger partial charge is 0.361 e. The Balaban J connectivity index is 2.54. The lowest BCUT2D eigenvalue weighted by Crippen LogP contribution is -2.46. The van der Waals surface area contributed by atoms with Gasteiger partial charge in [-0.25, -0.2) is 4.79 Å². The molecule has 0 aliphatic heterocycles. The molecule has 1 aromatic rings. The van der Waals surface area contributed by atoms with Gasteiger partial charge in [-0.15, -0.1) is 0 Å². The van der Waals surface area contributed by atoms with Gasteiger partial charge in [0.05, 0.1) is 21.2 Å². The lowest BCUT2D eigenvalue weighted by atomic mass is 9.97. The molecule has 0 saturated heterocycles. The molecule has 0 amide bonds. The molecule has 0 saturated carbocycles. The van der Waals surface area contributed by atoms with Crippen molar-refractivity contribution in [2.24, 2.45) is 0 Å². The van der Waals surface area contributed by atoms with E-state index in [4.69, 9.17) is 4.74 Å². The molecule has 1 aromatic carbocycles. The number of benzene rings is 1. The molecule has 0 fully saturated rings. The molecular weight excluding hydrogens is 298 g/mol. The largest absolute Gasteiger partial charge is 0.488 e. The predicted octanol–water partition coefficient (Wildman–Crippen LogP) is 1.27. The van der Waals surface area contributed by atoms with Gasteiger partial charge in [-0.3, -0.25) is 4.79 Å². The molecule has 128 valence electrons. The van der Waals surface area contributed by atoms with E-state index in [1.807, 2.05) is 14.1 Å². The molecule has 6 heteroatoms. The quantitative estimate of drug-likeness (QED) is 0.443. The zero-order valence-electron chi connectivity index (χ0n) is 14.5. The van der Waals surface area contributed by atoms with Crippen molar-refractivity contribution in [2.75, 3.05) is 40.9 Å². The molecule has 0 radical (unpaired) electrons. The molecule has 0 atom stereocenters. The Morgan fingerprint density at radius 1 is 1.17 bits per heavy atom. The van der Waals surface area contributed by atoms with Crippen molar-refractivity contribution >= 4 is 11.8 Å². The van der Waals surface area contributed by atoms with Crippen LogP contribution in [-0.2, 0) is 9.53 Å². The second kappa shape index (κ2) is 7.57. The maximum Gasteiger partial charge on any atom is 0.361 e. The first-order chi connectivity index (χ1) is 10.5. The summed E-state index contributed by atoms with van der Waals surface area (Å²) in [6, 6.07) is 6.65. The van der Waals surface area contributed by atoms with Crippen LogP contribution in [0.15, 0.2) is 24.3 Å². The SMILES string of the molecule is COC(=O)C[N+](C)(C)CCOc1ccc(C(=O)C(C)(C)O)cc1. The summed E-state index contributed by atoms with van der Waals surface area (Å²) in [7, 11) is 5.21. The van der Waals surface area contributed by atoms with Gasteiger partial charge in [0.25, 0.3) is 0 Å². The monoisotopic (exact) mass is 324 g/mol. The van der Waals surface area contributed by atoms with E-state index in [0.717, 1.165) is 0 Å². The van der Waals surface area contributed by atoms with E-state index in [2.05, 4.69) is 4.74 Å². The molecule has 0 aliphatic rings. The third-order valence-electron chi connectivity index (χ3n) is 3.42. The lowest BCUT2D eigenvalue weighted by molar-refractivity contribution is -0.883. The van der Waals surface area contributed by atoms with Crippen LogP contribution in [-0.4, -0.2) is 67.8 Å². The number of likely N-dealkylation sites (N-methyl/N-ethyl adjacent to an activating group) is 1. The molecule has 1 N–H and O–H groups in total. The van der Waals surface area contributed by atoms with Crippen molar-refractivity contribution < 1.29 is 28.7 Å². The van der Waals surface area contributed by atoms with E-state index >= 15 is 0 Å². The maximum absolute atomic E-state index is 11.9. The van der Waals surface area contributed by atoms with Crippen LogP contribution >= 0.6 is 0 Å². The van der Waals surface area contributed by atoms with Gasteiger partial charge in [-0.05, 0) is 38.1 Å². The minimum atomic E-state index is -1.39. The summed E-state index contributed by atoms with van der Waals surface area (Å²) >= 11 is 0. The fourth-order valence-corrected chi connectivity index (χ4v) is 1.96. The van der Waals surface area contributed by atoms with Crippen molar-refractivity contribution in [3.8, 4) is 5.75 Å². The maximum atomic E-state index is 11.9. The lowest BCUT2D eigenvalue weighted by Gasteiger charge is -2.28. The first-order valence-electron chi connectivity index (χ1n) is 7.44. The van der Waals surface area contributed by atoms with Crippen LogP contribution < -0.4 is 4.74 Å². The number of carbonyl (C=O) groups is 2. The van der Waals surface area contributed by atoms with Crippen molar-refractivity contribution in [3.05, 3.63) is 29.8 Å². The Bertz CT molecular complexity index is 543. The molecule has 0 spiro atoms. The van der Waals surface area contributed by atoms with E-state index in [1.54, 1.807) is 24.3 Å². The van der Waals surface area contributed by atoms with Crippen LogP contribution in [0.4, 0.5) is 0 Å². The van der Waals surface area contributed by atoms with Gasteiger partial charge in [0.2, 0.25) is 0 Å². The molecule has 0 unspecified atom stereocenters. The third kappa shape index (κ3) is 6.38. The van der Waals surface area contributed by atoms with Crippen LogP contribution in [0, 0.1) is 0 Å². The molecule has 0 aliphatic carbocycles. The molecule has 6 nitrogen and oxygen atoms in total. The van der Waals surface area contributed by atoms with Gasteiger partial charge in [0.1, 0.15) is 24.5 Å². The molecule has 0 heterocycles. The Kier molecular flexibility index (Phi) is 6.29. The number of hydrogen-bond donors (Lipinski definition) is 1. The highest BCUT2D eigenvalue weighted by molar-refractivity contribution is 6.01. The first-order valence-corrected chi connectivity index (χ1v) is 7.44. The summed E-state index contributed by atoms with van der Waals surface area (Å²) in [6.07, 6.45) is 0. The molecular formula is C17H26NO5+. The summed E-state index contributed by atoms with van der Waals surface area (Å²) in [6.45, 7) is 4.27. The number of quaternary nitrogens is 1. The van der Waals surface area contributed by atoms with E-state index in [-0.39, 0.29) is 18.3 Å². The van der Waals surface area contributed by atoms with Crippen LogP contribution in [0.25, 0.3) is 0 Å². The second-order valence-electron chi connectivity index (χ2n) is 6.65. The van der Waals surface area contributed by atoms with Gasteiger partial charge in [0.15, 0.2) is 12.3 Å². The zero-order valence-corrected chi connectivity index (χ0v) is 14.5. The first kappa shape index (κ1) is 19.1. The summed E-state index contributed by atoms with van der Waals surface area (Å²) in [5.74, 6) is 0.0415. The van der Waals surface area contributed by atoms with E-state index < -0.39 is 5.60 Å². The molecule has 23 heavy (non-hydrogen) atoms. The minimum Gasteiger partial charge on any atom is -0.488 e. The second-order valence-corrected chi connectivity index (χ2v) is 6.65. The number of ether oxygens (including phenoxy) is 2. The summed E-state index contributed by atoms with van der Waals surface area (Å²) in [5.41, 5.74) is -0.954. The topological polar surface area (TPSA) is 72.8 Å². The average molecular weight is 324 g/mol. The number of ketones is 1. The van der Waals surface area contributed by atoms with Crippen LogP contribution in [0.3, 0.4) is 0 Å². The number of rotatable bonds is 8. The zero-order chi connectivity index (χ0) is 17.7. The van der Waals surface area contributed by atoms with Gasteiger partial charge < -0.3 is 19.1 Å². The molecule has 0 bridgehead atoms. The van der Waals surface area contributed by atoms with Crippen LogP contribution in [0.2, 0.25) is 0 Å². The molecule has 0 aromatic heterocycles. The number of carbonyl (C=O) groups excluding carboxylic acids is 2. The Labute approximate surface area is 137 Å². The van der Waals surface area contributed by atoms with Gasteiger partial charge >= 0.3 is 5.97 Å². The Hall–Kier alpha value is -1.92. The fraction of sp³-hybridized carbons (Fsp3) is 0.529. The van der Waals surface area contributed by atoms with Gasteiger partial charge in [-0.1, -0.05) is 0 Å². The standard InChI is InChI=1S/C17H26NO5/c1-17(2,21)16(20)13-6-8-14(9-7-13)23-11-10-18(3,4)12-15(19)22-5/h6-9,21H,10-12H2,1-5H3/q+1. The number of hydrogen-bond acceptors (Lipinski definition) is 5. The summed E-state index contributed by atoms with van der Waals surface area (Å²) in [4.78, 5) is 23.2. The summed E-state index contributed by atoms with van der Waals surface area (Å²) < 4.78 is 10.8. The van der Waals surface area contributed by atoms with Crippen LogP contribution in [0.1, 0.15) is 24.2 Å². The van der Waals surface area contributed by atoms with Crippen molar-refractivity contribution in [3.63, 3.8) is 0 Å². The normalized spacial score (nSPS) is 11.9. The Morgan fingerprint density at radius 3 is 2.22 bits per heavy atom. The summed E-state index contributed by atoms with van der Waals surface area (Å²) in [5, 5.41) is 9.71. The molecule has 1 rings (SSSR count). The van der Waals surface area contributed by atoms with E-state index in [0.29, 0.717) is 28.9 Å². The van der Waals surface area contributed by atoms with E-state index in [9.17, 15) is 14.7 Å². The predicted molar refractivity (Wildman–Crippen MR) is 86.4 cm³/mol. The highest BCUT2D eigenvalue weighted by Crippen LogP contribution is 2.17. The Morgan fingerprint density at radius 2 is 1.74 bits per heavy atom. The average Bonchev–Trinajstić information content (AvgIpc) is 2.45. The van der Waals surface area contributed by atoms with Gasteiger partial charge in [0, 0.05) is 5.56 Å². The van der Waals surface area contributed by atoms with Crippen molar-refractivity contribution in [1.29, 1.82) is 0 Å². The fourth-order valence-electron chi connectivity index (χ4n) is 1.96. The number of esters is 1. The number of nitrogens with zero attached hydrogens (tertiary/aromatic N) is 1. The van der Waals surface area contributed by atoms with Crippen molar-refractivity contribution in [1.82, 2.24) is 0 Å². The highest BCUT2D eigenvalue weighted by Gasteiger charge is 2.25.